The third kappa shape index (κ3) is 5.97. The molecule has 1 fully saturated rings. The van der Waals surface area contributed by atoms with Crippen molar-refractivity contribution in [1.82, 2.24) is 10.2 Å². The van der Waals surface area contributed by atoms with E-state index in [1.807, 2.05) is 6.07 Å². The van der Waals surface area contributed by atoms with E-state index in [9.17, 15) is 9.59 Å². The molecule has 1 aliphatic rings. The minimum atomic E-state index is -0.973. The average Bonchev–Trinajstić information content (AvgIpc) is 2.94. The zero-order valence-corrected chi connectivity index (χ0v) is 12.1. The third-order valence-electron chi connectivity index (χ3n) is 3.21. The van der Waals surface area contributed by atoms with Gasteiger partial charge in [-0.25, -0.2) is 9.59 Å². The van der Waals surface area contributed by atoms with Gasteiger partial charge in [0.15, 0.2) is 6.10 Å². The lowest BCUT2D eigenvalue weighted by Gasteiger charge is -2.22. The SMILES string of the molecule is COCCN(CCC#N)C(=O)NCC1CCC(C(=O)O)O1. The van der Waals surface area contributed by atoms with Gasteiger partial charge in [-0.1, -0.05) is 0 Å². The number of aliphatic carboxylic acids is 1. The summed E-state index contributed by atoms with van der Waals surface area (Å²) in [5.74, 6) is -0.973. The highest BCUT2D eigenvalue weighted by Gasteiger charge is 2.30. The monoisotopic (exact) mass is 299 g/mol. The van der Waals surface area contributed by atoms with Crippen LogP contribution in [0.2, 0.25) is 0 Å². The molecule has 0 aliphatic carbocycles. The summed E-state index contributed by atoms with van der Waals surface area (Å²) < 4.78 is 10.2. The van der Waals surface area contributed by atoms with Crippen LogP contribution in [0.4, 0.5) is 4.79 Å². The molecule has 0 radical (unpaired) electrons. The van der Waals surface area contributed by atoms with E-state index < -0.39 is 12.1 Å². The Bertz CT molecular complexity index is 396. The van der Waals surface area contributed by atoms with Gasteiger partial charge in [0.2, 0.25) is 0 Å². The second-order valence-electron chi connectivity index (χ2n) is 4.74. The molecule has 1 saturated heterocycles. The van der Waals surface area contributed by atoms with Crippen LogP contribution in [0.25, 0.3) is 0 Å². The van der Waals surface area contributed by atoms with Gasteiger partial charge < -0.3 is 24.8 Å². The number of carboxylic acid groups (broad SMARTS) is 1. The van der Waals surface area contributed by atoms with Gasteiger partial charge in [-0.3, -0.25) is 0 Å². The second-order valence-corrected chi connectivity index (χ2v) is 4.74. The smallest absolute Gasteiger partial charge is 0.332 e. The number of carboxylic acids is 1. The van der Waals surface area contributed by atoms with Crippen molar-refractivity contribution in [2.45, 2.75) is 31.5 Å². The first-order chi connectivity index (χ1) is 10.1. The van der Waals surface area contributed by atoms with E-state index in [0.717, 1.165) is 0 Å². The number of amides is 2. The van der Waals surface area contributed by atoms with Crippen molar-refractivity contribution in [3.8, 4) is 6.07 Å². The largest absolute Gasteiger partial charge is 0.479 e. The molecule has 1 heterocycles. The molecule has 2 unspecified atom stereocenters. The zero-order valence-electron chi connectivity index (χ0n) is 12.1. The summed E-state index contributed by atoms with van der Waals surface area (Å²) in [5, 5.41) is 20.1. The minimum absolute atomic E-state index is 0.248. The fraction of sp³-hybridized carbons (Fsp3) is 0.769. The lowest BCUT2D eigenvalue weighted by Crippen LogP contribution is -2.44. The van der Waals surface area contributed by atoms with E-state index in [0.29, 0.717) is 32.5 Å². The van der Waals surface area contributed by atoms with Crippen molar-refractivity contribution >= 4 is 12.0 Å². The molecule has 21 heavy (non-hydrogen) atoms. The van der Waals surface area contributed by atoms with Crippen molar-refractivity contribution in [2.24, 2.45) is 0 Å². The Morgan fingerprint density at radius 1 is 1.48 bits per heavy atom. The first-order valence-electron chi connectivity index (χ1n) is 6.85. The highest BCUT2D eigenvalue weighted by Crippen LogP contribution is 2.19. The molecule has 0 spiro atoms. The number of ether oxygens (including phenoxy) is 2. The topological polar surface area (TPSA) is 112 Å². The summed E-state index contributed by atoms with van der Waals surface area (Å²) in [5.41, 5.74) is 0. The van der Waals surface area contributed by atoms with Crippen LogP contribution in [-0.4, -0.2) is 67.6 Å². The van der Waals surface area contributed by atoms with Crippen LogP contribution in [0.15, 0.2) is 0 Å². The molecule has 0 bridgehead atoms. The molecule has 8 heteroatoms. The number of urea groups is 1. The fourth-order valence-corrected chi connectivity index (χ4v) is 2.05. The maximum atomic E-state index is 12.0. The van der Waals surface area contributed by atoms with Crippen LogP contribution in [0.1, 0.15) is 19.3 Å². The molecule has 0 saturated carbocycles. The number of methoxy groups -OCH3 is 1. The quantitative estimate of drug-likeness (QED) is 0.661. The summed E-state index contributed by atoms with van der Waals surface area (Å²) in [6.07, 6.45) is 0.244. The Balaban J connectivity index is 2.35. The van der Waals surface area contributed by atoms with Crippen LogP contribution in [-0.2, 0) is 14.3 Å². The summed E-state index contributed by atoms with van der Waals surface area (Å²) in [4.78, 5) is 24.3. The number of nitrogens with zero attached hydrogens (tertiary/aromatic N) is 2. The maximum Gasteiger partial charge on any atom is 0.332 e. The molecule has 0 aromatic carbocycles. The van der Waals surface area contributed by atoms with Crippen molar-refractivity contribution in [2.75, 3.05) is 33.4 Å². The van der Waals surface area contributed by atoms with Crippen LogP contribution >= 0.6 is 0 Å². The standard InChI is InChI=1S/C13H21N3O5/c1-20-8-7-16(6-2-5-14)13(19)15-9-10-3-4-11(21-10)12(17)18/h10-11H,2-4,6-9H2,1H3,(H,15,19)(H,17,18). The molecule has 1 rings (SSSR count). The molecule has 1 aliphatic heterocycles. The van der Waals surface area contributed by atoms with Gasteiger partial charge in [-0.2, -0.15) is 5.26 Å². The minimum Gasteiger partial charge on any atom is -0.479 e. The average molecular weight is 299 g/mol. The van der Waals surface area contributed by atoms with Crippen molar-refractivity contribution in [1.29, 1.82) is 5.26 Å². The molecule has 0 aromatic rings. The maximum absolute atomic E-state index is 12.0. The fourth-order valence-electron chi connectivity index (χ4n) is 2.05. The highest BCUT2D eigenvalue weighted by atomic mass is 16.5. The number of carbonyl (C=O) groups excluding carboxylic acids is 1. The molecule has 2 amide bonds. The zero-order chi connectivity index (χ0) is 15.7. The van der Waals surface area contributed by atoms with Gasteiger partial charge >= 0.3 is 12.0 Å². The predicted molar refractivity (Wildman–Crippen MR) is 72.6 cm³/mol. The number of nitrogens with one attached hydrogen (secondary N) is 1. The summed E-state index contributed by atoms with van der Waals surface area (Å²) in [6.45, 7) is 1.38. The van der Waals surface area contributed by atoms with Crippen LogP contribution in [0.5, 0.6) is 0 Å². The molecular weight excluding hydrogens is 278 g/mol. The molecule has 2 N–H and O–H groups in total. The van der Waals surface area contributed by atoms with Gasteiger partial charge in [0.05, 0.1) is 25.2 Å². The Kier molecular flexibility index (Phi) is 7.50. The Labute approximate surface area is 123 Å². The lowest BCUT2D eigenvalue weighted by atomic mass is 10.2. The summed E-state index contributed by atoms with van der Waals surface area (Å²) in [6, 6.07) is 1.69. The number of carbonyl (C=O) groups is 2. The number of rotatable bonds is 8. The summed E-state index contributed by atoms with van der Waals surface area (Å²) >= 11 is 0. The third-order valence-corrected chi connectivity index (χ3v) is 3.21. The van der Waals surface area contributed by atoms with Gasteiger partial charge in [0, 0.05) is 26.7 Å². The normalized spacial score (nSPS) is 20.8. The van der Waals surface area contributed by atoms with Crippen molar-refractivity contribution in [3.05, 3.63) is 0 Å². The van der Waals surface area contributed by atoms with Crippen LogP contribution < -0.4 is 5.32 Å². The highest BCUT2D eigenvalue weighted by molar-refractivity contribution is 5.74. The lowest BCUT2D eigenvalue weighted by molar-refractivity contribution is -0.149. The van der Waals surface area contributed by atoms with Crippen LogP contribution in [0, 0.1) is 11.3 Å². The molecule has 2 atom stereocenters. The summed E-state index contributed by atoms with van der Waals surface area (Å²) in [7, 11) is 1.54. The van der Waals surface area contributed by atoms with E-state index in [1.165, 1.54) is 4.90 Å². The second kappa shape index (κ2) is 9.15. The number of hydrogen-bond donors (Lipinski definition) is 2. The van der Waals surface area contributed by atoms with Crippen molar-refractivity contribution in [3.63, 3.8) is 0 Å². The Morgan fingerprint density at radius 2 is 2.24 bits per heavy atom. The van der Waals surface area contributed by atoms with Gasteiger partial charge in [0.1, 0.15) is 0 Å². The predicted octanol–water partition coefficient (Wildman–Crippen LogP) is 0.190. The van der Waals surface area contributed by atoms with Crippen LogP contribution in [0.3, 0.4) is 0 Å². The van der Waals surface area contributed by atoms with Crippen molar-refractivity contribution < 1.29 is 24.2 Å². The first kappa shape index (κ1) is 17.2. The Hall–Kier alpha value is -1.85. The molecule has 0 aromatic heterocycles. The van der Waals surface area contributed by atoms with Gasteiger partial charge in [0.25, 0.3) is 0 Å². The molecule has 118 valence electrons. The number of nitriles is 1. The first-order valence-corrected chi connectivity index (χ1v) is 6.85. The molecule has 8 nitrogen and oxygen atoms in total. The Morgan fingerprint density at radius 3 is 2.81 bits per heavy atom. The number of hydrogen-bond acceptors (Lipinski definition) is 5. The van der Waals surface area contributed by atoms with E-state index in [-0.39, 0.29) is 25.1 Å². The van der Waals surface area contributed by atoms with E-state index in [2.05, 4.69) is 5.32 Å². The van der Waals surface area contributed by atoms with E-state index >= 15 is 0 Å². The van der Waals surface area contributed by atoms with Gasteiger partial charge in [-0.15, -0.1) is 0 Å². The van der Waals surface area contributed by atoms with Gasteiger partial charge in [-0.05, 0) is 12.8 Å². The van der Waals surface area contributed by atoms with E-state index in [1.54, 1.807) is 7.11 Å². The van der Waals surface area contributed by atoms with E-state index in [4.69, 9.17) is 19.8 Å². The molecular formula is C13H21N3O5.